The number of rotatable bonds is 6. The fourth-order valence-electron chi connectivity index (χ4n) is 1.66. The van der Waals surface area contributed by atoms with Crippen LogP contribution in [0.15, 0.2) is 47.1 Å². The molecule has 2 rings (SSSR count). The molecule has 0 aliphatic heterocycles. The molecular weight excluding hydrogens is 230 g/mol. The van der Waals surface area contributed by atoms with E-state index < -0.39 is 5.97 Å². The number of benzene rings is 1. The molecule has 0 aliphatic rings. The summed E-state index contributed by atoms with van der Waals surface area (Å²) in [5.74, 6) is 0.0658. The lowest BCUT2D eigenvalue weighted by molar-refractivity contribution is 0.0697. The number of hydrogen-bond donors (Lipinski definition) is 2. The Morgan fingerprint density at radius 3 is 2.61 bits per heavy atom. The molecule has 94 valence electrons. The predicted molar refractivity (Wildman–Crippen MR) is 67.5 cm³/mol. The maximum atomic E-state index is 10.7. The molecule has 0 amide bonds. The predicted octanol–water partition coefficient (Wildman–Crippen LogP) is 2.31. The molecule has 2 N–H and O–H groups in total. The summed E-state index contributed by atoms with van der Waals surface area (Å²) in [5, 5.41) is 12.1. The van der Waals surface area contributed by atoms with Crippen molar-refractivity contribution in [1.82, 2.24) is 5.32 Å². The van der Waals surface area contributed by atoms with Gasteiger partial charge in [-0.1, -0.05) is 12.1 Å². The van der Waals surface area contributed by atoms with Crippen LogP contribution in [-0.4, -0.2) is 17.6 Å². The zero-order chi connectivity index (χ0) is 12.8. The second-order valence-corrected chi connectivity index (χ2v) is 4.01. The number of carbonyl (C=O) groups is 1. The normalized spacial score (nSPS) is 10.4. The topological polar surface area (TPSA) is 62.5 Å². The lowest BCUT2D eigenvalue weighted by atomic mass is 10.1. The Labute approximate surface area is 105 Å². The second kappa shape index (κ2) is 6.02. The van der Waals surface area contributed by atoms with Crippen molar-refractivity contribution in [3.05, 3.63) is 59.5 Å². The Morgan fingerprint density at radius 1 is 1.22 bits per heavy atom. The highest BCUT2D eigenvalue weighted by molar-refractivity contribution is 5.87. The minimum absolute atomic E-state index is 0.314. The van der Waals surface area contributed by atoms with Crippen molar-refractivity contribution in [3.63, 3.8) is 0 Å². The van der Waals surface area contributed by atoms with E-state index in [1.165, 1.54) is 0 Å². The molecule has 0 fully saturated rings. The van der Waals surface area contributed by atoms with Crippen molar-refractivity contribution in [3.8, 4) is 0 Å². The van der Waals surface area contributed by atoms with Gasteiger partial charge in [0.2, 0.25) is 0 Å². The van der Waals surface area contributed by atoms with Crippen molar-refractivity contribution in [2.75, 3.05) is 6.54 Å². The SMILES string of the molecule is O=C(O)c1ccc(CNCCc2ccco2)cc1. The minimum atomic E-state index is -0.896. The van der Waals surface area contributed by atoms with E-state index in [-0.39, 0.29) is 0 Å². The number of carboxylic acid groups (broad SMARTS) is 1. The van der Waals surface area contributed by atoms with Crippen LogP contribution < -0.4 is 5.32 Å². The first-order chi connectivity index (χ1) is 8.75. The summed E-state index contributed by atoms with van der Waals surface area (Å²) in [4.78, 5) is 10.7. The Morgan fingerprint density at radius 2 is 2.00 bits per heavy atom. The molecule has 0 atom stereocenters. The van der Waals surface area contributed by atoms with Gasteiger partial charge in [0.05, 0.1) is 11.8 Å². The molecule has 0 unspecified atom stereocenters. The molecule has 0 saturated carbocycles. The van der Waals surface area contributed by atoms with E-state index in [1.807, 2.05) is 24.3 Å². The van der Waals surface area contributed by atoms with Gasteiger partial charge in [0.1, 0.15) is 5.76 Å². The van der Waals surface area contributed by atoms with Crippen LogP contribution >= 0.6 is 0 Å². The fourth-order valence-corrected chi connectivity index (χ4v) is 1.66. The summed E-state index contributed by atoms with van der Waals surface area (Å²) in [6.45, 7) is 1.55. The number of furan rings is 1. The van der Waals surface area contributed by atoms with Gasteiger partial charge in [-0.15, -0.1) is 0 Å². The van der Waals surface area contributed by atoms with Crippen LogP contribution in [0.3, 0.4) is 0 Å². The summed E-state index contributed by atoms with van der Waals surface area (Å²) >= 11 is 0. The molecule has 2 aromatic rings. The van der Waals surface area contributed by atoms with Crippen molar-refractivity contribution >= 4 is 5.97 Å². The van der Waals surface area contributed by atoms with E-state index in [0.29, 0.717) is 5.56 Å². The summed E-state index contributed by atoms with van der Waals surface area (Å²) in [6, 6.07) is 10.7. The second-order valence-electron chi connectivity index (χ2n) is 4.01. The number of aromatic carboxylic acids is 1. The summed E-state index contributed by atoms with van der Waals surface area (Å²) in [6.07, 6.45) is 2.51. The third-order valence-corrected chi connectivity index (χ3v) is 2.66. The zero-order valence-corrected chi connectivity index (χ0v) is 9.93. The number of carboxylic acids is 1. The summed E-state index contributed by atoms with van der Waals surface area (Å²) in [5.41, 5.74) is 1.38. The molecular formula is C14H15NO3. The van der Waals surface area contributed by atoms with Gasteiger partial charge in [-0.25, -0.2) is 4.79 Å². The van der Waals surface area contributed by atoms with E-state index in [0.717, 1.165) is 30.8 Å². The summed E-state index contributed by atoms with van der Waals surface area (Å²) < 4.78 is 5.22. The first-order valence-electron chi connectivity index (χ1n) is 5.81. The third-order valence-electron chi connectivity index (χ3n) is 2.66. The van der Waals surface area contributed by atoms with Crippen LogP contribution in [0.25, 0.3) is 0 Å². The lowest BCUT2D eigenvalue weighted by Crippen LogP contribution is -2.16. The third kappa shape index (κ3) is 3.46. The van der Waals surface area contributed by atoms with Crippen LogP contribution in [0.4, 0.5) is 0 Å². The van der Waals surface area contributed by atoms with Crippen LogP contribution in [0, 0.1) is 0 Å². The molecule has 4 heteroatoms. The molecule has 0 radical (unpaired) electrons. The van der Waals surface area contributed by atoms with Gasteiger partial charge in [0.15, 0.2) is 0 Å². The standard InChI is InChI=1S/C14H15NO3/c16-14(17)12-5-3-11(4-6-12)10-15-8-7-13-2-1-9-18-13/h1-6,9,15H,7-8,10H2,(H,16,17). The van der Waals surface area contributed by atoms with Crippen molar-refractivity contribution in [1.29, 1.82) is 0 Å². The van der Waals surface area contributed by atoms with Crippen LogP contribution in [0.1, 0.15) is 21.7 Å². The van der Waals surface area contributed by atoms with Gasteiger partial charge in [0.25, 0.3) is 0 Å². The highest BCUT2D eigenvalue weighted by Gasteiger charge is 2.01. The van der Waals surface area contributed by atoms with Gasteiger partial charge in [-0.3, -0.25) is 0 Å². The molecule has 0 saturated heterocycles. The first kappa shape index (κ1) is 12.4. The molecule has 1 aromatic carbocycles. The maximum absolute atomic E-state index is 10.7. The molecule has 0 spiro atoms. The highest BCUT2D eigenvalue weighted by atomic mass is 16.4. The lowest BCUT2D eigenvalue weighted by Gasteiger charge is -2.04. The van der Waals surface area contributed by atoms with Crippen molar-refractivity contribution < 1.29 is 14.3 Å². The Bertz CT molecular complexity index is 488. The molecule has 1 aromatic heterocycles. The van der Waals surface area contributed by atoms with E-state index in [1.54, 1.807) is 18.4 Å². The van der Waals surface area contributed by atoms with Crippen LogP contribution in [0.2, 0.25) is 0 Å². The quantitative estimate of drug-likeness (QED) is 0.767. The van der Waals surface area contributed by atoms with E-state index in [9.17, 15) is 4.79 Å². The number of nitrogens with one attached hydrogen (secondary N) is 1. The molecule has 0 bridgehead atoms. The average Bonchev–Trinajstić information content (AvgIpc) is 2.88. The average molecular weight is 245 g/mol. The monoisotopic (exact) mass is 245 g/mol. The van der Waals surface area contributed by atoms with E-state index in [2.05, 4.69) is 5.32 Å². The molecule has 1 heterocycles. The first-order valence-corrected chi connectivity index (χ1v) is 5.81. The summed E-state index contributed by atoms with van der Waals surface area (Å²) in [7, 11) is 0. The van der Waals surface area contributed by atoms with Gasteiger partial charge in [-0.05, 0) is 29.8 Å². The number of hydrogen-bond acceptors (Lipinski definition) is 3. The molecule has 18 heavy (non-hydrogen) atoms. The van der Waals surface area contributed by atoms with Crippen molar-refractivity contribution in [2.24, 2.45) is 0 Å². The van der Waals surface area contributed by atoms with Gasteiger partial charge >= 0.3 is 5.97 Å². The van der Waals surface area contributed by atoms with Gasteiger partial charge in [-0.2, -0.15) is 0 Å². The van der Waals surface area contributed by atoms with E-state index >= 15 is 0 Å². The Balaban J connectivity index is 1.75. The van der Waals surface area contributed by atoms with Crippen LogP contribution in [0.5, 0.6) is 0 Å². The maximum Gasteiger partial charge on any atom is 0.335 e. The smallest absolute Gasteiger partial charge is 0.335 e. The van der Waals surface area contributed by atoms with E-state index in [4.69, 9.17) is 9.52 Å². The zero-order valence-electron chi connectivity index (χ0n) is 9.93. The molecule has 4 nitrogen and oxygen atoms in total. The Hall–Kier alpha value is -2.07. The van der Waals surface area contributed by atoms with Crippen molar-refractivity contribution in [2.45, 2.75) is 13.0 Å². The Kier molecular flexibility index (Phi) is 4.15. The highest BCUT2D eigenvalue weighted by Crippen LogP contribution is 2.04. The van der Waals surface area contributed by atoms with Gasteiger partial charge in [0, 0.05) is 19.5 Å². The largest absolute Gasteiger partial charge is 0.478 e. The fraction of sp³-hybridized carbons (Fsp3) is 0.214. The molecule has 0 aliphatic carbocycles. The van der Waals surface area contributed by atoms with Gasteiger partial charge < -0.3 is 14.8 Å². The van der Waals surface area contributed by atoms with Crippen LogP contribution in [-0.2, 0) is 13.0 Å². The minimum Gasteiger partial charge on any atom is -0.478 e.